The number of aromatic nitrogens is 1. The lowest BCUT2D eigenvalue weighted by molar-refractivity contribution is -0.141. The Kier molecular flexibility index (Phi) is 7.85. The van der Waals surface area contributed by atoms with Crippen molar-refractivity contribution in [1.82, 2.24) is 8.87 Å². The predicted octanol–water partition coefficient (Wildman–Crippen LogP) is 2.96. The normalized spacial score (nSPS) is 17.0. The molecule has 3 aromatic carbocycles. The average Bonchev–Trinajstić information content (AvgIpc) is 2.94. The lowest BCUT2D eigenvalue weighted by Gasteiger charge is -2.35. The summed E-state index contributed by atoms with van der Waals surface area (Å²) in [4.78, 5) is 35.9. The van der Waals surface area contributed by atoms with Gasteiger partial charge in [0.05, 0.1) is 11.8 Å². The highest BCUT2D eigenvalue weighted by Crippen LogP contribution is 2.40. The Labute approximate surface area is 239 Å². The van der Waals surface area contributed by atoms with Gasteiger partial charge in [-0.3, -0.25) is 9.36 Å². The van der Waals surface area contributed by atoms with Crippen LogP contribution in [-0.2, 0) is 27.4 Å². The van der Waals surface area contributed by atoms with Crippen LogP contribution in [0.4, 0.5) is 13.2 Å². The number of fused-ring (bicyclic) bond motifs is 2. The molecule has 0 fully saturated rings. The van der Waals surface area contributed by atoms with Gasteiger partial charge in [0.2, 0.25) is 9.04 Å². The molecule has 0 bridgehead atoms. The van der Waals surface area contributed by atoms with Gasteiger partial charge in [0.1, 0.15) is 6.04 Å². The molecule has 1 atom stereocenters. The zero-order valence-corrected chi connectivity index (χ0v) is 23.6. The van der Waals surface area contributed by atoms with E-state index < -0.39 is 72.3 Å². The molecule has 3 N–H and O–H groups in total. The number of alkyl halides is 3. The maximum absolute atomic E-state index is 14.0. The monoisotopic (exact) mass is 617 g/mol. The third kappa shape index (κ3) is 5.38. The van der Waals surface area contributed by atoms with Crippen LogP contribution in [0.2, 0.25) is 0 Å². The first kappa shape index (κ1) is 29.7. The van der Waals surface area contributed by atoms with Crippen molar-refractivity contribution >= 4 is 35.8 Å². The Bertz CT molecular complexity index is 1860. The van der Waals surface area contributed by atoms with E-state index in [4.69, 9.17) is 0 Å². The van der Waals surface area contributed by atoms with Crippen molar-refractivity contribution in [1.29, 1.82) is 0 Å². The summed E-state index contributed by atoms with van der Waals surface area (Å²) in [5.41, 5.74) is -1.72. The van der Waals surface area contributed by atoms with Crippen LogP contribution in [0.5, 0.6) is 0 Å². The number of halogens is 3. The number of hydrogen-bond donors (Lipinski definition) is 3. The van der Waals surface area contributed by atoms with Crippen molar-refractivity contribution < 1.29 is 41.4 Å². The van der Waals surface area contributed by atoms with E-state index in [-0.39, 0.29) is 23.1 Å². The number of carboxylic acid groups (broad SMARTS) is 1. The number of sulfonamides is 1. The molecule has 2 heterocycles. The van der Waals surface area contributed by atoms with Gasteiger partial charge in [0.25, 0.3) is 15.6 Å². The molecule has 1 radical (unpaired) electrons. The zero-order chi connectivity index (χ0) is 30.4. The number of pyridine rings is 1. The Hall–Kier alpha value is -3.82. The summed E-state index contributed by atoms with van der Waals surface area (Å²) in [5.74, 6) is -1.55. The van der Waals surface area contributed by atoms with E-state index in [0.29, 0.717) is 14.4 Å². The molecule has 1 unspecified atom stereocenters. The van der Waals surface area contributed by atoms with Crippen LogP contribution in [0.1, 0.15) is 22.7 Å². The van der Waals surface area contributed by atoms with Gasteiger partial charge in [-0.25, -0.2) is 13.2 Å². The topological polar surface area (TPSA) is 137 Å². The van der Waals surface area contributed by atoms with E-state index in [0.717, 1.165) is 35.0 Å². The van der Waals surface area contributed by atoms with Crippen molar-refractivity contribution in [2.24, 2.45) is 0 Å². The highest BCUT2D eigenvalue weighted by Gasteiger charge is 2.44. The highest BCUT2D eigenvalue weighted by molar-refractivity contribution is 7.89. The van der Waals surface area contributed by atoms with Crippen molar-refractivity contribution in [2.45, 2.75) is 23.7 Å². The summed E-state index contributed by atoms with van der Waals surface area (Å²) in [6, 6.07) is 15.9. The third-order valence-corrected chi connectivity index (χ3v) is 10.3. The van der Waals surface area contributed by atoms with Crippen LogP contribution in [0.25, 0.3) is 21.9 Å². The van der Waals surface area contributed by atoms with Gasteiger partial charge in [-0.05, 0) is 46.0 Å². The highest BCUT2D eigenvalue weighted by atomic mass is 32.2. The number of benzene rings is 3. The van der Waals surface area contributed by atoms with Crippen molar-refractivity contribution in [2.75, 3.05) is 18.9 Å². The second-order valence-electron chi connectivity index (χ2n) is 9.83. The number of carboxylic acids is 1. The molecule has 9 nitrogen and oxygen atoms in total. The molecule has 1 aliphatic heterocycles. The van der Waals surface area contributed by atoms with Crippen LogP contribution in [-0.4, -0.2) is 66.3 Å². The van der Waals surface area contributed by atoms with E-state index in [9.17, 15) is 46.2 Å². The molecule has 1 aromatic heterocycles. The van der Waals surface area contributed by atoms with E-state index >= 15 is 0 Å². The van der Waals surface area contributed by atoms with E-state index in [1.807, 2.05) is 24.3 Å². The van der Waals surface area contributed by atoms with Gasteiger partial charge in [0, 0.05) is 24.3 Å². The number of rotatable bonds is 7. The largest absolute Gasteiger partial charge is 0.480 e. The molecule has 14 heteroatoms. The SMILES string of the molecule is O=C(O)C1CN(C[Si](O)CO)S(=O)(=O)c2c(-c3cccc(C(F)(F)F)c3)c(Cc3cccc4ccccc34)cc(=O)n21. The average molecular weight is 618 g/mol. The van der Waals surface area contributed by atoms with Crippen molar-refractivity contribution in [3.05, 3.63) is 99.8 Å². The van der Waals surface area contributed by atoms with Gasteiger partial charge < -0.3 is 15.0 Å². The molecule has 0 amide bonds. The fraction of sp³-hybridized carbons (Fsp3) is 0.214. The van der Waals surface area contributed by atoms with Gasteiger partial charge in [0.15, 0.2) is 5.03 Å². The summed E-state index contributed by atoms with van der Waals surface area (Å²) >= 11 is 0. The van der Waals surface area contributed by atoms with Crippen molar-refractivity contribution in [3.63, 3.8) is 0 Å². The zero-order valence-electron chi connectivity index (χ0n) is 21.7. The Morgan fingerprint density at radius 3 is 2.38 bits per heavy atom. The quantitative estimate of drug-likeness (QED) is 0.271. The van der Waals surface area contributed by atoms with Gasteiger partial charge in [-0.1, -0.05) is 54.6 Å². The summed E-state index contributed by atoms with van der Waals surface area (Å²) < 4.78 is 70.6. The second-order valence-corrected chi connectivity index (χ2v) is 13.4. The minimum atomic E-state index is -4.78. The Morgan fingerprint density at radius 1 is 1.00 bits per heavy atom. The molecule has 0 aliphatic carbocycles. The van der Waals surface area contributed by atoms with E-state index in [2.05, 4.69) is 0 Å². The molecule has 42 heavy (non-hydrogen) atoms. The van der Waals surface area contributed by atoms with E-state index in [1.165, 1.54) is 6.07 Å². The number of aliphatic carboxylic acids is 1. The lowest BCUT2D eigenvalue weighted by atomic mass is 9.93. The standard InChI is InChI=1S/C28H24F3N2O7SSi/c29-28(30,31)21-9-4-8-19(12-21)25-20(11-18-7-3-6-17-5-1-2-10-22(17)18)13-24(35)33-23(27(36)37)14-32(15-42(40)16-34)41(38,39)26(25)33/h1-10,12-13,23,34,40H,11,14-16H2,(H,36,37). The smallest absolute Gasteiger partial charge is 0.416 e. The number of aliphatic hydroxyl groups excluding tert-OH is 1. The maximum Gasteiger partial charge on any atom is 0.416 e. The molecule has 4 aromatic rings. The first-order chi connectivity index (χ1) is 19.8. The minimum absolute atomic E-state index is 0.0606. The van der Waals surface area contributed by atoms with E-state index in [1.54, 1.807) is 18.2 Å². The summed E-state index contributed by atoms with van der Waals surface area (Å²) in [7, 11) is -7.42. The second kappa shape index (κ2) is 11.1. The number of hydrogen-bond acceptors (Lipinski definition) is 6. The fourth-order valence-electron chi connectivity index (χ4n) is 5.23. The first-order valence-electron chi connectivity index (χ1n) is 12.6. The molecule has 0 saturated heterocycles. The van der Waals surface area contributed by atoms with Gasteiger partial charge >= 0.3 is 12.1 Å². The Morgan fingerprint density at radius 2 is 1.69 bits per heavy atom. The van der Waals surface area contributed by atoms with Crippen molar-refractivity contribution in [3.8, 4) is 11.1 Å². The number of carbonyl (C=O) groups is 1. The van der Waals surface area contributed by atoms with Crippen LogP contribution < -0.4 is 5.56 Å². The van der Waals surface area contributed by atoms with Gasteiger partial charge in [-0.15, -0.1) is 0 Å². The molecule has 5 rings (SSSR count). The third-order valence-electron chi connectivity index (χ3n) is 7.13. The fourth-order valence-corrected chi connectivity index (χ4v) is 8.55. The number of aliphatic hydroxyl groups is 1. The summed E-state index contributed by atoms with van der Waals surface area (Å²) in [6.45, 7) is -0.718. The number of nitrogens with zero attached hydrogens (tertiary/aromatic N) is 2. The molecule has 0 spiro atoms. The minimum Gasteiger partial charge on any atom is -0.480 e. The Balaban J connectivity index is 1.86. The lowest BCUT2D eigenvalue weighted by Crippen LogP contribution is -2.52. The summed E-state index contributed by atoms with van der Waals surface area (Å²) in [5, 5.41) is 20.2. The molecule has 219 valence electrons. The summed E-state index contributed by atoms with van der Waals surface area (Å²) in [6.07, 6.45) is -6.17. The molecular formula is C28H24F3N2O7SSi. The molecule has 1 aliphatic rings. The van der Waals surface area contributed by atoms with Crippen LogP contribution in [0, 0.1) is 0 Å². The van der Waals surface area contributed by atoms with Crippen LogP contribution in [0.3, 0.4) is 0 Å². The molecule has 0 saturated carbocycles. The molecular weight excluding hydrogens is 593 g/mol. The predicted molar refractivity (Wildman–Crippen MR) is 148 cm³/mol. The maximum atomic E-state index is 14.0. The first-order valence-corrected chi connectivity index (χ1v) is 15.9. The van der Waals surface area contributed by atoms with Crippen LogP contribution in [0.15, 0.2) is 82.6 Å². The van der Waals surface area contributed by atoms with Gasteiger partial charge in [-0.2, -0.15) is 17.5 Å². The van der Waals surface area contributed by atoms with Crippen LogP contribution >= 0.6 is 0 Å².